The molecule has 0 saturated carbocycles. The Bertz CT molecular complexity index is 688. The van der Waals surface area contributed by atoms with Crippen molar-refractivity contribution in [2.75, 3.05) is 5.43 Å². The van der Waals surface area contributed by atoms with Gasteiger partial charge in [-0.05, 0) is 17.7 Å². The zero-order valence-corrected chi connectivity index (χ0v) is 10.8. The summed E-state index contributed by atoms with van der Waals surface area (Å²) < 4.78 is 1.73. The molecule has 0 amide bonds. The first-order valence-electron chi connectivity index (χ1n) is 5.77. The van der Waals surface area contributed by atoms with E-state index in [-0.39, 0.29) is 11.5 Å². The van der Waals surface area contributed by atoms with Gasteiger partial charge in [-0.2, -0.15) is 15.5 Å². The summed E-state index contributed by atoms with van der Waals surface area (Å²) in [6.07, 6.45) is 3.70. The van der Waals surface area contributed by atoms with E-state index in [1.807, 2.05) is 37.5 Å². The molecule has 0 unspecified atom stereocenters. The average molecular weight is 267 g/mol. The zero-order valence-electron chi connectivity index (χ0n) is 10.8. The van der Waals surface area contributed by atoms with Crippen molar-refractivity contribution < 1.29 is 0 Å². The molecule has 1 heterocycles. The molecule has 7 heteroatoms. The third-order valence-corrected chi connectivity index (χ3v) is 2.58. The zero-order chi connectivity index (χ0) is 14.5. The van der Waals surface area contributed by atoms with Gasteiger partial charge in [0.05, 0.1) is 11.9 Å². The SMILES string of the molecule is Cn1cc(-c2ccc(N/N=C(\C#N)C(=N)N)cc2)cn1. The molecule has 1 aromatic carbocycles. The number of nitriles is 1. The lowest BCUT2D eigenvalue weighted by Crippen LogP contribution is -2.21. The van der Waals surface area contributed by atoms with E-state index >= 15 is 0 Å². The van der Waals surface area contributed by atoms with E-state index in [1.165, 1.54) is 0 Å². The summed E-state index contributed by atoms with van der Waals surface area (Å²) in [5.74, 6) is -0.369. The fourth-order valence-corrected chi connectivity index (χ4v) is 1.57. The van der Waals surface area contributed by atoms with Gasteiger partial charge in [0.25, 0.3) is 0 Å². The van der Waals surface area contributed by atoms with Crippen molar-refractivity contribution in [1.82, 2.24) is 9.78 Å². The topological polar surface area (TPSA) is 116 Å². The maximum Gasteiger partial charge on any atom is 0.201 e. The van der Waals surface area contributed by atoms with E-state index < -0.39 is 0 Å². The predicted molar refractivity (Wildman–Crippen MR) is 77.2 cm³/mol. The van der Waals surface area contributed by atoms with Crippen LogP contribution in [0.15, 0.2) is 41.8 Å². The number of hydrogen-bond donors (Lipinski definition) is 3. The highest BCUT2D eigenvalue weighted by atomic mass is 15.3. The van der Waals surface area contributed by atoms with Crippen LogP contribution in [0.25, 0.3) is 11.1 Å². The molecule has 1 aromatic heterocycles. The molecule has 0 saturated heterocycles. The van der Waals surface area contributed by atoms with Gasteiger partial charge in [-0.25, -0.2) is 0 Å². The molecule has 0 aliphatic carbocycles. The Hall–Kier alpha value is -3.14. The summed E-state index contributed by atoms with van der Waals surface area (Å²) in [5, 5.41) is 23.7. The maximum atomic E-state index is 8.72. The summed E-state index contributed by atoms with van der Waals surface area (Å²) in [7, 11) is 1.86. The Morgan fingerprint density at radius 1 is 1.40 bits per heavy atom. The Labute approximate surface area is 115 Å². The summed E-state index contributed by atoms with van der Waals surface area (Å²) in [4.78, 5) is 0. The largest absolute Gasteiger partial charge is 0.382 e. The van der Waals surface area contributed by atoms with E-state index in [2.05, 4.69) is 15.6 Å². The van der Waals surface area contributed by atoms with Crippen LogP contribution in [-0.2, 0) is 7.05 Å². The predicted octanol–water partition coefficient (Wildman–Crippen LogP) is 1.31. The molecule has 0 aliphatic rings. The van der Waals surface area contributed by atoms with Gasteiger partial charge in [-0.3, -0.25) is 15.5 Å². The molecule has 4 N–H and O–H groups in total. The summed E-state index contributed by atoms with van der Waals surface area (Å²) in [6, 6.07) is 9.20. The fraction of sp³-hybridized carbons (Fsp3) is 0.0769. The maximum absolute atomic E-state index is 8.72. The van der Waals surface area contributed by atoms with E-state index in [0.717, 1.165) is 11.1 Å². The van der Waals surface area contributed by atoms with Crippen LogP contribution in [-0.4, -0.2) is 21.3 Å². The third-order valence-electron chi connectivity index (χ3n) is 2.58. The van der Waals surface area contributed by atoms with E-state index in [1.54, 1.807) is 16.9 Å². The summed E-state index contributed by atoms with van der Waals surface area (Å²) in [6.45, 7) is 0. The highest BCUT2D eigenvalue weighted by Gasteiger charge is 2.02. The van der Waals surface area contributed by atoms with Crippen LogP contribution in [0.1, 0.15) is 0 Å². The second-order valence-electron chi connectivity index (χ2n) is 4.08. The molecule has 0 fully saturated rings. The van der Waals surface area contributed by atoms with E-state index in [0.29, 0.717) is 5.69 Å². The molecule has 100 valence electrons. The normalized spacial score (nSPS) is 10.9. The van der Waals surface area contributed by atoms with Crippen LogP contribution in [0.3, 0.4) is 0 Å². The molecule has 0 bridgehead atoms. The number of anilines is 1. The minimum Gasteiger partial charge on any atom is -0.382 e. The van der Waals surface area contributed by atoms with E-state index in [4.69, 9.17) is 16.4 Å². The highest BCUT2D eigenvalue weighted by Crippen LogP contribution is 2.20. The number of nitrogens with two attached hydrogens (primary N) is 1. The summed E-state index contributed by atoms with van der Waals surface area (Å²) >= 11 is 0. The van der Waals surface area contributed by atoms with Crippen molar-refractivity contribution in [2.24, 2.45) is 17.9 Å². The lowest BCUT2D eigenvalue weighted by Gasteiger charge is -2.02. The number of aryl methyl sites for hydroxylation is 1. The van der Waals surface area contributed by atoms with Crippen molar-refractivity contribution in [3.63, 3.8) is 0 Å². The van der Waals surface area contributed by atoms with Gasteiger partial charge in [0.15, 0.2) is 5.84 Å². The van der Waals surface area contributed by atoms with Gasteiger partial charge < -0.3 is 5.73 Å². The van der Waals surface area contributed by atoms with Gasteiger partial charge in [-0.1, -0.05) is 12.1 Å². The molecule has 0 spiro atoms. The smallest absolute Gasteiger partial charge is 0.201 e. The lowest BCUT2D eigenvalue weighted by molar-refractivity contribution is 0.768. The standard InChI is InChI=1S/C13H13N7/c1-20-8-10(7-17-20)9-2-4-11(5-3-9)18-19-12(6-14)13(15)16/h2-5,7-8,18H,1H3,(H3,15,16)/b19-12+. The van der Waals surface area contributed by atoms with Crippen LogP contribution in [0.5, 0.6) is 0 Å². The Balaban J connectivity index is 2.13. The molecular weight excluding hydrogens is 254 g/mol. The highest BCUT2D eigenvalue weighted by molar-refractivity contribution is 6.45. The number of nitrogens with zero attached hydrogens (tertiary/aromatic N) is 4. The Morgan fingerprint density at radius 2 is 2.10 bits per heavy atom. The van der Waals surface area contributed by atoms with Gasteiger partial charge in [0.1, 0.15) is 6.07 Å². The van der Waals surface area contributed by atoms with Crippen molar-refractivity contribution in [3.8, 4) is 17.2 Å². The molecule has 20 heavy (non-hydrogen) atoms. The number of hydrazone groups is 1. The van der Waals surface area contributed by atoms with Gasteiger partial charge >= 0.3 is 0 Å². The second-order valence-corrected chi connectivity index (χ2v) is 4.08. The monoisotopic (exact) mass is 267 g/mol. The van der Waals surface area contributed by atoms with Gasteiger partial charge in [0, 0.05) is 18.8 Å². The van der Waals surface area contributed by atoms with Crippen LogP contribution in [0, 0.1) is 16.7 Å². The number of nitrogens with one attached hydrogen (secondary N) is 2. The third kappa shape index (κ3) is 3.00. The van der Waals surface area contributed by atoms with Crippen molar-refractivity contribution in [2.45, 2.75) is 0 Å². The average Bonchev–Trinajstić information content (AvgIpc) is 2.86. The number of rotatable bonds is 4. The van der Waals surface area contributed by atoms with Crippen LogP contribution in [0.2, 0.25) is 0 Å². The van der Waals surface area contributed by atoms with Crippen LogP contribution < -0.4 is 11.2 Å². The van der Waals surface area contributed by atoms with Crippen LogP contribution >= 0.6 is 0 Å². The number of aromatic nitrogens is 2. The van der Waals surface area contributed by atoms with Gasteiger partial charge in [-0.15, -0.1) is 0 Å². The minimum absolute atomic E-state index is 0.152. The fourth-order valence-electron chi connectivity index (χ4n) is 1.57. The second kappa shape index (κ2) is 5.67. The molecule has 2 rings (SSSR count). The Kier molecular flexibility index (Phi) is 3.77. The Morgan fingerprint density at radius 3 is 2.60 bits per heavy atom. The molecule has 0 atom stereocenters. The lowest BCUT2D eigenvalue weighted by atomic mass is 10.1. The van der Waals surface area contributed by atoms with Crippen molar-refractivity contribution in [1.29, 1.82) is 10.7 Å². The van der Waals surface area contributed by atoms with E-state index in [9.17, 15) is 0 Å². The molecular formula is C13H13N7. The first-order chi connectivity index (χ1) is 9.60. The van der Waals surface area contributed by atoms with Gasteiger partial charge in [0.2, 0.25) is 5.71 Å². The molecule has 7 nitrogen and oxygen atoms in total. The van der Waals surface area contributed by atoms with Crippen molar-refractivity contribution in [3.05, 3.63) is 36.7 Å². The first-order valence-corrected chi connectivity index (χ1v) is 5.77. The number of amidine groups is 1. The van der Waals surface area contributed by atoms with Crippen molar-refractivity contribution >= 4 is 17.2 Å². The van der Waals surface area contributed by atoms with Crippen LogP contribution in [0.4, 0.5) is 5.69 Å². The molecule has 0 aliphatic heterocycles. The molecule has 0 radical (unpaired) electrons. The summed E-state index contributed by atoms with van der Waals surface area (Å²) in [5.41, 5.74) is 10.5. The first kappa shape index (κ1) is 13.3. The number of benzene rings is 1. The molecule has 2 aromatic rings. The quantitative estimate of drug-likeness (QED) is 0.440. The minimum atomic E-state index is -0.369. The number of hydrogen-bond acceptors (Lipinski definition) is 5.